The number of morpholine rings is 1. The molecule has 1 aromatic heterocycles. The van der Waals surface area contributed by atoms with Crippen molar-refractivity contribution in [3.8, 4) is 0 Å². The second-order valence-corrected chi connectivity index (χ2v) is 5.44. The van der Waals surface area contributed by atoms with E-state index in [1.807, 2.05) is 12.1 Å². The molecule has 0 spiro atoms. The minimum absolute atomic E-state index is 0.0779. The Hall–Kier alpha value is -1.13. The van der Waals surface area contributed by atoms with Gasteiger partial charge in [-0.3, -0.25) is 9.88 Å². The first kappa shape index (κ1) is 12.3. The van der Waals surface area contributed by atoms with Gasteiger partial charge >= 0.3 is 0 Å². The lowest BCUT2D eigenvalue weighted by molar-refractivity contribution is -0.130. The summed E-state index contributed by atoms with van der Waals surface area (Å²) >= 11 is 0. The molecule has 1 unspecified atom stereocenters. The molecule has 1 fully saturated rings. The molecule has 0 bridgehead atoms. The third-order valence-corrected chi connectivity index (χ3v) is 2.87. The third kappa shape index (κ3) is 3.41. The molecule has 0 saturated carbocycles. The van der Waals surface area contributed by atoms with Crippen LogP contribution in [-0.2, 0) is 11.3 Å². The number of rotatable bonds is 2. The lowest BCUT2D eigenvalue weighted by Crippen LogP contribution is -2.51. The zero-order chi connectivity index (χ0) is 12.5. The predicted octanol–water partition coefficient (Wildman–Crippen LogP) is 1.66. The van der Waals surface area contributed by atoms with E-state index in [0.29, 0.717) is 5.69 Å². The number of nitrogen functional groups attached to an aromatic ring is 1. The lowest BCUT2D eigenvalue weighted by atomic mass is 10.1. The maximum absolute atomic E-state index is 5.88. The number of hydrogen-bond donors (Lipinski definition) is 1. The van der Waals surface area contributed by atoms with Gasteiger partial charge in [0.15, 0.2) is 0 Å². The molecule has 4 heteroatoms. The third-order valence-electron chi connectivity index (χ3n) is 2.87. The molecule has 1 saturated heterocycles. The van der Waals surface area contributed by atoms with E-state index in [2.05, 4.69) is 30.7 Å². The minimum Gasteiger partial charge on any atom is -0.397 e. The van der Waals surface area contributed by atoms with Crippen LogP contribution in [0.25, 0.3) is 0 Å². The van der Waals surface area contributed by atoms with Crippen LogP contribution in [-0.4, -0.2) is 34.7 Å². The zero-order valence-electron chi connectivity index (χ0n) is 10.8. The van der Waals surface area contributed by atoms with Crippen LogP contribution in [0.2, 0.25) is 0 Å². The highest BCUT2D eigenvalue weighted by Crippen LogP contribution is 2.21. The van der Waals surface area contributed by atoms with Crippen LogP contribution in [0.15, 0.2) is 18.3 Å². The molecule has 1 aliphatic rings. The van der Waals surface area contributed by atoms with Gasteiger partial charge in [0.25, 0.3) is 0 Å². The highest BCUT2D eigenvalue weighted by Gasteiger charge is 2.31. The van der Waals surface area contributed by atoms with Crippen LogP contribution in [0.1, 0.15) is 26.5 Å². The van der Waals surface area contributed by atoms with Gasteiger partial charge in [-0.2, -0.15) is 0 Å². The van der Waals surface area contributed by atoms with Crippen molar-refractivity contribution in [3.05, 3.63) is 24.0 Å². The van der Waals surface area contributed by atoms with Crippen molar-refractivity contribution >= 4 is 5.69 Å². The van der Waals surface area contributed by atoms with Crippen LogP contribution in [0.3, 0.4) is 0 Å². The van der Waals surface area contributed by atoms with Gasteiger partial charge in [-0.1, -0.05) is 0 Å². The number of nitrogens with zero attached hydrogens (tertiary/aromatic N) is 2. The molecule has 1 aliphatic heterocycles. The van der Waals surface area contributed by atoms with Gasteiger partial charge in [0.2, 0.25) is 0 Å². The summed E-state index contributed by atoms with van der Waals surface area (Å²) in [7, 11) is 0. The van der Waals surface area contributed by atoms with Gasteiger partial charge in [-0.15, -0.1) is 0 Å². The maximum atomic E-state index is 5.88. The molecule has 0 aliphatic carbocycles. The van der Waals surface area contributed by atoms with Crippen molar-refractivity contribution in [3.63, 3.8) is 0 Å². The molecule has 1 atom stereocenters. The van der Waals surface area contributed by atoms with Crippen LogP contribution in [0.4, 0.5) is 5.69 Å². The van der Waals surface area contributed by atoms with Crippen LogP contribution >= 0.6 is 0 Å². The molecule has 2 rings (SSSR count). The number of hydrogen-bond acceptors (Lipinski definition) is 4. The quantitative estimate of drug-likeness (QED) is 0.847. The molecule has 0 amide bonds. The molecule has 4 nitrogen and oxygen atoms in total. The van der Waals surface area contributed by atoms with E-state index < -0.39 is 0 Å². The topological polar surface area (TPSA) is 51.4 Å². The number of aromatic nitrogens is 1. The van der Waals surface area contributed by atoms with E-state index in [1.165, 1.54) is 0 Å². The summed E-state index contributed by atoms with van der Waals surface area (Å²) in [6.45, 7) is 9.12. The smallest absolute Gasteiger partial charge is 0.0757 e. The first-order valence-corrected chi connectivity index (χ1v) is 6.05. The summed E-state index contributed by atoms with van der Waals surface area (Å²) in [5, 5.41) is 0. The summed E-state index contributed by atoms with van der Waals surface area (Å²) in [5.74, 6) is 0. The molecule has 0 aromatic carbocycles. The molecular weight excluding hydrogens is 214 g/mol. The normalized spacial score (nSPS) is 24.8. The molecule has 1 aromatic rings. The molecule has 2 heterocycles. The van der Waals surface area contributed by atoms with Crippen molar-refractivity contribution in [2.75, 3.05) is 18.8 Å². The number of nitrogens with two attached hydrogens (primary N) is 1. The van der Waals surface area contributed by atoms with Gasteiger partial charge in [-0.05, 0) is 32.9 Å². The van der Waals surface area contributed by atoms with Gasteiger partial charge in [-0.25, -0.2) is 0 Å². The molecule has 17 heavy (non-hydrogen) atoms. The second kappa shape index (κ2) is 4.63. The highest BCUT2D eigenvalue weighted by molar-refractivity contribution is 5.34. The summed E-state index contributed by atoms with van der Waals surface area (Å²) < 4.78 is 5.88. The Morgan fingerprint density at radius 2 is 2.29 bits per heavy atom. The standard InChI is InChI=1S/C13H21N3O/c1-10-7-16(9-13(2,3)17-10)8-12-5-4-11(14)6-15-12/h4-6,10H,7-9,14H2,1-3H3. The van der Waals surface area contributed by atoms with Crippen molar-refractivity contribution in [1.29, 1.82) is 0 Å². The van der Waals surface area contributed by atoms with Crippen molar-refractivity contribution in [1.82, 2.24) is 9.88 Å². The number of anilines is 1. The zero-order valence-corrected chi connectivity index (χ0v) is 10.8. The van der Waals surface area contributed by atoms with Crippen LogP contribution in [0.5, 0.6) is 0 Å². The monoisotopic (exact) mass is 235 g/mol. The molecule has 2 N–H and O–H groups in total. The Morgan fingerprint density at radius 1 is 1.53 bits per heavy atom. The Balaban J connectivity index is 2.01. The van der Waals surface area contributed by atoms with E-state index in [0.717, 1.165) is 25.3 Å². The first-order chi connectivity index (χ1) is 7.94. The van der Waals surface area contributed by atoms with Crippen molar-refractivity contribution in [2.45, 2.75) is 39.0 Å². The Labute approximate surface area is 103 Å². The minimum atomic E-state index is -0.0779. The second-order valence-electron chi connectivity index (χ2n) is 5.44. The fraction of sp³-hybridized carbons (Fsp3) is 0.615. The molecule has 94 valence electrons. The van der Waals surface area contributed by atoms with Gasteiger partial charge < -0.3 is 10.5 Å². The largest absolute Gasteiger partial charge is 0.397 e. The highest BCUT2D eigenvalue weighted by atomic mass is 16.5. The van der Waals surface area contributed by atoms with Crippen molar-refractivity contribution in [2.24, 2.45) is 0 Å². The maximum Gasteiger partial charge on any atom is 0.0757 e. The van der Waals surface area contributed by atoms with E-state index in [-0.39, 0.29) is 11.7 Å². The summed E-state index contributed by atoms with van der Waals surface area (Å²) in [5.41, 5.74) is 7.32. The first-order valence-electron chi connectivity index (χ1n) is 6.05. The van der Waals surface area contributed by atoms with E-state index in [4.69, 9.17) is 10.5 Å². The fourth-order valence-corrected chi connectivity index (χ4v) is 2.46. The van der Waals surface area contributed by atoms with Gasteiger partial charge in [0.1, 0.15) is 0 Å². The number of ether oxygens (including phenoxy) is 1. The molecule has 0 radical (unpaired) electrons. The van der Waals surface area contributed by atoms with E-state index in [9.17, 15) is 0 Å². The Kier molecular flexibility index (Phi) is 3.35. The Bertz CT molecular complexity index is 375. The molecular formula is C13H21N3O. The van der Waals surface area contributed by atoms with Crippen molar-refractivity contribution < 1.29 is 4.74 Å². The predicted molar refractivity (Wildman–Crippen MR) is 68.6 cm³/mol. The van der Waals surface area contributed by atoms with Crippen LogP contribution < -0.4 is 5.73 Å². The fourth-order valence-electron chi connectivity index (χ4n) is 2.46. The lowest BCUT2D eigenvalue weighted by Gasteiger charge is -2.41. The van der Waals surface area contributed by atoms with Crippen LogP contribution in [0, 0.1) is 0 Å². The average molecular weight is 235 g/mol. The average Bonchev–Trinajstić information content (AvgIpc) is 2.18. The summed E-state index contributed by atoms with van der Waals surface area (Å²) in [6, 6.07) is 3.89. The van der Waals surface area contributed by atoms with Gasteiger partial charge in [0, 0.05) is 19.6 Å². The Morgan fingerprint density at radius 3 is 2.88 bits per heavy atom. The van der Waals surface area contributed by atoms with Gasteiger partial charge in [0.05, 0.1) is 29.3 Å². The van der Waals surface area contributed by atoms with E-state index in [1.54, 1.807) is 6.20 Å². The SMILES string of the molecule is CC1CN(Cc2ccc(N)cn2)CC(C)(C)O1. The summed E-state index contributed by atoms with van der Waals surface area (Å²) in [6.07, 6.45) is 1.98. The summed E-state index contributed by atoms with van der Waals surface area (Å²) in [4.78, 5) is 6.72. The number of pyridine rings is 1. The van der Waals surface area contributed by atoms with E-state index >= 15 is 0 Å².